The average Bonchev–Trinajstić information content (AvgIpc) is 2.82. The summed E-state index contributed by atoms with van der Waals surface area (Å²) in [4.78, 5) is 2.08. The number of hydrogen-bond acceptors (Lipinski definition) is 4. The third kappa shape index (κ3) is 3.31. The van der Waals surface area contributed by atoms with E-state index in [0.717, 1.165) is 17.2 Å². The minimum Gasteiger partial charge on any atom is -0.395 e. The van der Waals surface area contributed by atoms with Crippen LogP contribution in [-0.4, -0.2) is 44.5 Å². The van der Waals surface area contributed by atoms with E-state index in [0.29, 0.717) is 19.6 Å². The highest BCUT2D eigenvalue weighted by Crippen LogP contribution is 2.17. The lowest BCUT2D eigenvalue weighted by Crippen LogP contribution is -2.28. The van der Waals surface area contributed by atoms with Crippen LogP contribution in [0.3, 0.4) is 0 Å². The first-order valence-corrected chi connectivity index (χ1v) is 6.64. The Kier molecular flexibility index (Phi) is 5.03. The minimum atomic E-state index is 0.122. The first kappa shape index (κ1) is 14.4. The fourth-order valence-corrected chi connectivity index (χ4v) is 2.10. The third-order valence-electron chi connectivity index (χ3n) is 3.17. The van der Waals surface area contributed by atoms with Gasteiger partial charge in [-0.2, -0.15) is 0 Å². The fraction of sp³-hybridized carbons (Fsp3) is 0.333. The molecule has 0 amide bonds. The molecule has 106 valence electrons. The van der Waals surface area contributed by atoms with Crippen LogP contribution in [0, 0.1) is 0 Å². The van der Waals surface area contributed by atoms with Gasteiger partial charge in [-0.3, -0.25) is 4.90 Å². The molecule has 0 spiro atoms. The summed E-state index contributed by atoms with van der Waals surface area (Å²) >= 11 is 0. The highest BCUT2D eigenvalue weighted by Gasteiger charge is 2.13. The van der Waals surface area contributed by atoms with Gasteiger partial charge in [-0.1, -0.05) is 36.4 Å². The van der Waals surface area contributed by atoms with Gasteiger partial charge in [-0.15, -0.1) is 16.8 Å². The van der Waals surface area contributed by atoms with E-state index in [2.05, 4.69) is 21.7 Å². The molecule has 0 saturated heterocycles. The maximum Gasteiger partial charge on any atom is 0.163 e. The van der Waals surface area contributed by atoms with Gasteiger partial charge in [0, 0.05) is 25.7 Å². The lowest BCUT2D eigenvalue weighted by atomic mass is 10.2. The summed E-state index contributed by atoms with van der Waals surface area (Å²) in [6.45, 7) is 5.81. The standard InChI is InChI=1S/C15H20N4O/c1-3-9-19(10-11-20)12-14-16-17-15(18(14)2)13-7-5-4-6-8-13/h3-8,20H,1,9-12H2,2H3. The second-order valence-corrected chi connectivity index (χ2v) is 4.61. The van der Waals surface area contributed by atoms with Crippen LogP contribution in [0.5, 0.6) is 0 Å². The molecule has 0 aliphatic carbocycles. The van der Waals surface area contributed by atoms with Crippen LogP contribution >= 0.6 is 0 Å². The zero-order chi connectivity index (χ0) is 14.4. The van der Waals surface area contributed by atoms with E-state index < -0.39 is 0 Å². The van der Waals surface area contributed by atoms with E-state index in [4.69, 9.17) is 5.11 Å². The molecule has 1 N–H and O–H groups in total. The predicted octanol–water partition coefficient (Wildman–Crippen LogP) is 1.46. The smallest absolute Gasteiger partial charge is 0.163 e. The normalized spacial score (nSPS) is 10.9. The molecule has 1 aromatic heterocycles. The number of hydrogen-bond donors (Lipinski definition) is 1. The fourth-order valence-electron chi connectivity index (χ4n) is 2.10. The number of aliphatic hydroxyl groups excluding tert-OH is 1. The number of nitrogens with zero attached hydrogens (tertiary/aromatic N) is 4. The van der Waals surface area contributed by atoms with Gasteiger partial charge >= 0.3 is 0 Å². The van der Waals surface area contributed by atoms with Crippen LogP contribution < -0.4 is 0 Å². The van der Waals surface area contributed by atoms with Gasteiger partial charge in [0.1, 0.15) is 5.82 Å². The molecule has 0 aliphatic heterocycles. The van der Waals surface area contributed by atoms with Crippen molar-refractivity contribution in [1.29, 1.82) is 0 Å². The number of benzene rings is 1. The Morgan fingerprint density at radius 2 is 2.05 bits per heavy atom. The van der Waals surface area contributed by atoms with E-state index in [1.807, 2.05) is 48.0 Å². The maximum absolute atomic E-state index is 9.08. The highest BCUT2D eigenvalue weighted by molar-refractivity contribution is 5.54. The minimum absolute atomic E-state index is 0.122. The van der Waals surface area contributed by atoms with Crippen molar-refractivity contribution in [2.24, 2.45) is 7.05 Å². The number of rotatable bonds is 7. The molecule has 0 bridgehead atoms. The largest absolute Gasteiger partial charge is 0.395 e. The monoisotopic (exact) mass is 272 g/mol. The summed E-state index contributed by atoms with van der Waals surface area (Å²) in [5.41, 5.74) is 1.05. The van der Waals surface area contributed by atoms with Gasteiger partial charge in [0.15, 0.2) is 5.82 Å². The van der Waals surface area contributed by atoms with Crippen molar-refractivity contribution in [3.63, 3.8) is 0 Å². The zero-order valence-electron chi connectivity index (χ0n) is 11.7. The maximum atomic E-state index is 9.08. The Hall–Kier alpha value is -1.98. The lowest BCUT2D eigenvalue weighted by Gasteiger charge is -2.18. The van der Waals surface area contributed by atoms with Crippen LogP contribution in [0.1, 0.15) is 5.82 Å². The molecule has 0 saturated carbocycles. The molecule has 20 heavy (non-hydrogen) atoms. The van der Waals surface area contributed by atoms with Gasteiger partial charge in [0.05, 0.1) is 13.2 Å². The highest BCUT2D eigenvalue weighted by atomic mass is 16.3. The SMILES string of the molecule is C=CCN(CCO)Cc1nnc(-c2ccccc2)n1C. The van der Waals surface area contributed by atoms with Crippen LogP contribution in [0.2, 0.25) is 0 Å². The molecule has 2 aromatic rings. The van der Waals surface area contributed by atoms with Crippen molar-refractivity contribution < 1.29 is 5.11 Å². The van der Waals surface area contributed by atoms with Crippen molar-refractivity contribution in [2.75, 3.05) is 19.7 Å². The van der Waals surface area contributed by atoms with Gasteiger partial charge in [0.2, 0.25) is 0 Å². The Morgan fingerprint density at radius 3 is 2.70 bits per heavy atom. The van der Waals surface area contributed by atoms with Crippen LogP contribution in [0.15, 0.2) is 43.0 Å². The third-order valence-corrected chi connectivity index (χ3v) is 3.17. The second-order valence-electron chi connectivity index (χ2n) is 4.61. The molecule has 1 heterocycles. The molecule has 2 rings (SSSR count). The molecule has 0 fully saturated rings. The summed E-state index contributed by atoms with van der Waals surface area (Å²) in [5, 5.41) is 17.6. The van der Waals surface area contributed by atoms with Gasteiger partial charge < -0.3 is 9.67 Å². The summed E-state index contributed by atoms with van der Waals surface area (Å²) in [5.74, 6) is 1.72. The summed E-state index contributed by atoms with van der Waals surface area (Å²) in [6, 6.07) is 9.98. The first-order valence-electron chi connectivity index (χ1n) is 6.64. The van der Waals surface area contributed by atoms with E-state index >= 15 is 0 Å². The van der Waals surface area contributed by atoms with Crippen LogP contribution in [0.4, 0.5) is 0 Å². The lowest BCUT2D eigenvalue weighted by molar-refractivity contribution is 0.199. The van der Waals surface area contributed by atoms with E-state index in [1.54, 1.807) is 0 Å². The van der Waals surface area contributed by atoms with E-state index in [9.17, 15) is 0 Å². The van der Waals surface area contributed by atoms with E-state index in [1.165, 1.54) is 0 Å². The molecule has 5 nitrogen and oxygen atoms in total. The molecule has 0 atom stereocenters. The van der Waals surface area contributed by atoms with Crippen molar-refractivity contribution in [1.82, 2.24) is 19.7 Å². The van der Waals surface area contributed by atoms with Gasteiger partial charge in [0.25, 0.3) is 0 Å². The number of aliphatic hydroxyl groups is 1. The first-order chi connectivity index (χ1) is 9.76. The molecule has 0 aliphatic rings. The van der Waals surface area contributed by atoms with Gasteiger partial charge in [-0.25, -0.2) is 0 Å². The molecular weight excluding hydrogens is 252 g/mol. The van der Waals surface area contributed by atoms with Crippen LogP contribution in [0.25, 0.3) is 11.4 Å². The van der Waals surface area contributed by atoms with Crippen molar-refractivity contribution in [3.05, 3.63) is 48.8 Å². The zero-order valence-corrected chi connectivity index (χ0v) is 11.7. The van der Waals surface area contributed by atoms with Crippen LogP contribution in [-0.2, 0) is 13.6 Å². The molecule has 5 heteroatoms. The Bertz CT molecular complexity index is 550. The second kappa shape index (κ2) is 6.98. The summed E-state index contributed by atoms with van der Waals surface area (Å²) < 4.78 is 1.99. The average molecular weight is 272 g/mol. The summed E-state index contributed by atoms with van der Waals surface area (Å²) in [6.07, 6.45) is 1.82. The van der Waals surface area contributed by atoms with E-state index in [-0.39, 0.29) is 6.61 Å². The topological polar surface area (TPSA) is 54.2 Å². The van der Waals surface area contributed by atoms with Crippen molar-refractivity contribution in [3.8, 4) is 11.4 Å². The van der Waals surface area contributed by atoms with Gasteiger partial charge in [-0.05, 0) is 0 Å². The molecule has 1 aromatic carbocycles. The Balaban J connectivity index is 2.18. The Labute approximate surface area is 119 Å². The molecular formula is C15H20N4O. The summed E-state index contributed by atoms with van der Waals surface area (Å²) in [7, 11) is 1.96. The molecule has 0 unspecified atom stereocenters. The Morgan fingerprint density at radius 1 is 1.30 bits per heavy atom. The predicted molar refractivity (Wildman–Crippen MR) is 79.0 cm³/mol. The number of aromatic nitrogens is 3. The molecule has 0 radical (unpaired) electrons. The van der Waals surface area contributed by atoms with Crippen molar-refractivity contribution >= 4 is 0 Å². The van der Waals surface area contributed by atoms with Crippen molar-refractivity contribution in [2.45, 2.75) is 6.54 Å². The quantitative estimate of drug-likeness (QED) is 0.775.